The highest BCUT2D eigenvalue weighted by atomic mass is 28.4. The van der Waals surface area contributed by atoms with E-state index in [4.69, 9.17) is 4.43 Å². The van der Waals surface area contributed by atoms with Crippen LogP contribution >= 0.6 is 0 Å². The van der Waals surface area contributed by atoms with E-state index >= 15 is 0 Å². The normalized spacial score (nSPS) is 13.3. The Bertz CT molecular complexity index is 355. The maximum atomic E-state index is 6.87. The Morgan fingerprint density at radius 1 is 0.818 bits per heavy atom. The molecule has 1 aromatic rings. The van der Waals surface area contributed by atoms with Gasteiger partial charge in [0.2, 0.25) is 0 Å². The summed E-state index contributed by atoms with van der Waals surface area (Å²) < 4.78 is 6.87. The summed E-state index contributed by atoms with van der Waals surface area (Å²) in [5, 5.41) is 0. The average molecular weight is 321 g/mol. The predicted octanol–water partition coefficient (Wildman–Crippen LogP) is 7.11. The van der Waals surface area contributed by atoms with Crippen LogP contribution in [0, 0.1) is 0 Å². The zero-order valence-electron chi connectivity index (χ0n) is 15.2. The molecule has 0 aliphatic heterocycles. The molecule has 0 aliphatic carbocycles. The van der Waals surface area contributed by atoms with Crippen LogP contribution in [0.1, 0.15) is 77.9 Å². The Balaban J connectivity index is 2.84. The number of unbranched alkanes of at least 4 members (excludes halogenated alkanes) is 3. The fourth-order valence-corrected chi connectivity index (χ4v) is 8.20. The van der Waals surface area contributed by atoms with E-state index in [9.17, 15) is 0 Å². The van der Waals surface area contributed by atoms with Crippen LogP contribution in [0.15, 0.2) is 30.3 Å². The quantitative estimate of drug-likeness (QED) is 0.373. The first kappa shape index (κ1) is 19.4. The molecule has 0 amide bonds. The Labute approximate surface area is 139 Å². The molecule has 22 heavy (non-hydrogen) atoms. The van der Waals surface area contributed by atoms with Crippen molar-refractivity contribution in [1.29, 1.82) is 0 Å². The van der Waals surface area contributed by atoms with Crippen molar-refractivity contribution in [3.63, 3.8) is 0 Å². The first-order chi connectivity index (χ1) is 10.7. The highest BCUT2D eigenvalue weighted by Crippen LogP contribution is 2.34. The lowest BCUT2D eigenvalue weighted by Crippen LogP contribution is -2.39. The number of hydrogen-bond donors (Lipinski definition) is 0. The summed E-state index contributed by atoms with van der Waals surface area (Å²) in [5.41, 5.74) is 1.34. The fraction of sp³-hybridized carbons (Fsp3) is 0.700. The Morgan fingerprint density at radius 3 is 1.68 bits per heavy atom. The monoisotopic (exact) mass is 320 g/mol. The molecule has 0 aliphatic rings. The van der Waals surface area contributed by atoms with Crippen LogP contribution in [0.5, 0.6) is 0 Å². The number of benzene rings is 1. The second kappa shape index (κ2) is 11.0. The predicted molar refractivity (Wildman–Crippen MR) is 101 cm³/mol. The van der Waals surface area contributed by atoms with Crippen LogP contribution in [0.25, 0.3) is 0 Å². The van der Waals surface area contributed by atoms with Gasteiger partial charge in [-0.2, -0.15) is 0 Å². The third kappa shape index (κ3) is 6.66. The van der Waals surface area contributed by atoms with E-state index in [1.165, 1.54) is 62.2 Å². The minimum absolute atomic E-state index is 0.249. The molecule has 0 unspecified atom stereocenters. The van der Waals surface area contributed by atoms with E-state index in [1.807, 2.05) is 0 Å². The van der Waals surface area contributed by atoms with Gasteiger partial charge < -0.3 is 4.43 Å². The lowest BCUT2D eigenvalue weighted by atomic mass is 10.1. The molecule has 1 nitrogen and oxygen atoms in total. The largest absolute Gasteiger partial charge is 0.410 e. The molecule has 1 aromatic carbocycles. The first-order valence-electron chi connectivity index (χ1n) is 9.40. The molecule has 0 bridgehead atoms. The standard InChI is InChI=1S/C20H36OSi/c1-5-8-16-22(17-9-6-2,18-10-7-3)21-19(4)20-14-12-11-13-15-20/h11-15,19H,5-10,16-18H2,1-4H3/t19-/m0/s1. The zero-order valence-corrected chi connectivity index (χ0v) is 16.2. The summed E-state index contributed by atoms with van der Waals surface area (Å²) in [6.07, 6.45) is 8.12. The van der Waals surface area contributed by atoms with Gasteiger partial charge in [0, 0.05) is 0 Å². The summed E-state index contributed by atoms with van der Waals surface area (Å²) in [5.74, 6) is 0. The van der Waals surface area contributed by atoms with Gasteiger partial charge in [-0.15, -0.1) is 0 Å². The molecule has 2 heteroatoms. The Kier molecular flexibility index (Phi) is 9.73. The lowest BCUT2D eigenvalue weighted by molar-refractivity contribution is 0.206. The summed E-state index contributed by atoms with van der Waals surface area (Å²) in [6, 6.07) is 14.8. The van der Waals surface area contributed by atoms with Crippen molar-refractivity contribution in [2.75, 3.05) is 0 Å². The van der Waals surface area contributed by atoms with Crippen LogP contribution < -0.4 is 0 Å². The third-order valence-corrected chi connectivity index (χ3v) is 9.30. The molecule has 0 heterocycles. The van der Waals surface area contributed by atoms with Crippen molar-refractivity contribution >= 4 is 8.32 Å². The second-order valence-corrected chi connectivity index (χ2v) is 10.8. The molecule has 0 fully saturated rings. The third-order valence-electron chi connectivity index (χ3n) is 4.65. The van der Waals surface area contributed by atoms with E-state index in [2.05, 4.69) is 58.0 Å². The SMILES string of the molecule is CCCC[Si](CCCC)(CCCC)O[C@@H](C)c1ccccc1. The first-order valence-corrected chi connectivity index (χ1v) is 11.9. The molecule has 126 valence electrons. The van der Waals surface area contributed by atoms with Crippen LogP contribution in [-0.2, 0) is 4.43 Å². The molecule has 0 aromatic heterocycles. The molecule has 0 saturated heterocycles. The van der Waals surface area contributed by atoms with Gasteiger partial charge in [-0.1, -0.05) is 89.6 Å². The van der Waals surface area contributed by atoms with Gasteiger partial charge in [0.05, 0.1) is 6.10 Å². The van der Waals surface area contributed by atoms with E-state index < -0.39 is 8.32 Å². The molecule has 0 saturated carbocycles. The fourth-order valence-electron chi connectivity index (χ4n) is 3.22. The van der Waals surface area contributed by atoms with Gasteiger partial charge in [-0.05, 0) is 30.6 Å². The molecular formula is C20H36OSi. The highest BCUT2D eigenvalue weighted by molar-refractivity contribution is 6.73. The van der Waals surface area contributed by atoms with E-state index in [0.29, 0.717) is 0 Å². The summed E-state index contributed by atoms with van der Waals surface area (Å²) in [4.78, 5) is 0. The molecule has 1 rings (SSSR count). The minimum atomic E-state index is -1.60. The van der Waals surface area contributed by atoms with Crippen molar-refractivity contribution < 1.29 is 4.43 Å². The zero-order chi connectivity index (χ0) is 16.3. The van der Waals surface area contributed by atoms with E-state index in [0.717, 1.165) is 0 Å². The summed E-state index contributed by atoms with van der Waals surface area (Å²) in [7, 11) is -1.60. The van der Waals surface area contributed by atoms with Crippen molar-refractivity contribution in [2.45, 2.75) is 90.5 Å². The maximum Gasteiger partial charge on any atom is 0.193 e. The average Bonchev–Trinajstić information content (AvgIpc) is 2.56. The van der Waals surface area contributed by atoms with Gasteiger partial charge in [-0.25, -0.2) is 0 Å². The molecular weight excluding hydrogens is 284 g/mol. The van der Waals surface area contributed by atoms with Crippen molar-refractivity contribution in [3.05, 3.63) is 35.9 Å². The summed E-state index contributed by atoms with van der Waals surface area (Å²) in [6.45, 7) is 9.17. The van der Waals surface area contributed by atoms with Gasteiger partial charge in [0.15, 0.2) is 8.32 Å². The van der Waals surface area contributed by atoms with Crippen molar-refractivity contribution in [2.24, 2.45) is 0 Å². The molecule has 0 radical (unpaired) electrons. The molecule has 1 atom stereocenters. The van der Waals surface area contributed by atoms with Crippen molar-refractivity contribution in [3.8, 4) is 0 Å². The van der Waals surface area contributed by atoms with E-state index in [1.54, 1.807) is 0 Å². The lowest BCUT2D eigenvalue weighted by Gasteiger charge is -2.35. The Morgan fingerprint density at radius 2 is 1.27 bits per heavy atom. The van der Waals surface area contributed by atoms with Crippen LogP contribution in [0.4, 0.5) is 0 Å². The second-order valence-electron chi connectivity index (χ2n) is 6.66. The van der Waals surface area contributed by atoms with E-state index in [-0.39, 0.29) is 6.10 Å². The van der Waals surface area contributed by atoms with Crippen LogP contribution in [0.3, 0.4) is 0 Å². The number of rotatable bonds is 12. The van der Waals surface area contributed by atoms with Gasteiger partial charge in [0.25, 0.3) is 0 Å². The topological polar surface area (TPSA) is 9.23 Å². The summed E-state index contributed by atoms with van der Waals surface area (Å²) >= 11 is 0. The maximum absolute atomic E-state index is 6.87. The smallest absolute Gasteiger partial charge is 0.193 e. The molecule has 0 spiro atoms. The van der Waals surface area contributed by atoms with Gasteiger partial charge in [0.1, 0.15) is 0 Å². The van der Waals surface area contributed by atoms with Crippen molar-refractivity contribution in [1.82, 2.24) is 0 Å². The van der Waals surface area contributed by atoms with Crippen LogP contribution in [0.2, 0.25) is 18.1 Å². The number of hydrogen-bond acceptors (Lipinski definition) is 1. The van der Waals surface area contributed by atoms with Gasteiger partial charge >= 0.3 is 0 Å². The Hall–Kier alpha value is -0.603. The highest BCUT2D eigenvalue weighted by Gasteiger charge is 2.35. The minimum Gasteiger partial charge on any atom is -0.410 e. The van der Waals surface area contributed by atoms with Gasteiger partial charge in [-0.3, -0.25) is 0 Å². The van der Waals surface area contributed by atoms with Crippen LogP contribution in [-0.4, -0.2) is 8.32 Å². The molecule has 0 N–H and O–H groups in total.